The zero-order chi connectivity index (χ0) is 14.8. The van der Waals surface area contributed by atoms with Crippen LogP contribution in [0, 0.1) is 6.92 Å². The Kier molecular flexibility index (Phi) is 4.29. The summed E-state index contributed by atoms with van der Waals surface area (Å²) in [5.74, 6) is 0.367. The lowest BCUT2D eigenvalue weighted by molar-refractivity contribution is 0.324. The number of hydrogen-bond donors (Lipinski definition) is 1. The van der Waals surface area contributed by atoms with Gasteiger partial charge in [0.25, 0.3) is 0 Å². The predicted molar refractivity (Wildman–Crippen MR) is 88.6 cm³/mol. The molecular formula is C18H21ClN2. The number of rotatable bonds is 3. The fourth-order valence-electron chi connectivity index (χ4n) is 3.08. The minimum atomic E-state index is 0.174. The topological polar surface area (TPSA) is 29.3 Å². The highest BCUT2D eigenvalue weighted by Gasteiger charge is 2.31. The van der Waals surface area contributed by atoms with E-state index >= 15 is 0 Å². The molecule has 2 nitrogen and oxygen atoms in total. The van der Waals surface area contributed by atoms with Crippen LogP contribution in [0.4, 0.5) is 0 Å². The Bertz CT molecular complexity index is 612. The molecule has 21 heavy (non-hydrogen) atoms. The molecule has 1 heterocycles. The van der Waals surface area contributed by atoms with Gasteiger partial charge in [-0.2, -0.15) is 0 Å². The van der Waals surface area contributed by atoms with Gasteiger partial charge in [0.2, 0.25) is 0 Å². The number of hydrogen-bond acceptors (Lipinski definition) is 2. The van der Waals surface area contributed by atoms with Crippen LogP contribution in [0.25, 0.3) is 0 Å². The first-order chi connectivity index (χ1) is 10.1. The summed E-state index contributed by atoms with van der Waals surface area (Å²) in [6.07, 6.45) is 0. The van der Waals surface area contributed by atoms with E-state index in [2.05, 4.69) is 53.4 Å². The van der Waals surface area contributed by atoms with E-state index in [1.165, 1.54) is 11.1 Å². The fraction of sp³-hybridized carbons (Fsp3) is 0.333. The van der Waals surface area contributed by atoms with Crippen molar-refractivity contribution >= 4 is 11.6 Å². The van der Waals surface area contributed by atoms with Gasteiger partial charge in [0.05, 0.1) is 0 Å². The maximum atomic E-state index is 6.36. The van der Waals surface area contributed by atoms with Crippen molar-refractivity contribution in [2.75, 3.05) is 13.1 Å². The summed E-state index contributed by atoms with van der Waals surface area (Å²) in [5, 5.41) is 0.834. The van der Waals surface area contributed by atoms with Crippen molar-refractivity contribution in [1.82, 2.24) is 4.90 Å². The molecule has 3 rings (SSSR count). The molecular weight excluding hydrogens is 280 g/mol. The van der Waals surface area contributed by atoms with Gasteiger partial charge in [0.15, 0.2) is 0 Å². The summed E-state index contributed by atoms with van der Waals surface area (Å²) >= 11 is 6.25. The summed E-state index contributed by atoms with van der Waals surface area (Å²) in [4.78, 5) is 2.43. The number of aryl methyl sites for hydroxylation is 1. The standard InChI is InChI=1S/C18H21ClN2/c1-13-7-8-15(9-17(13)19)16-11-21(12-18(16)20)10-14-5-3-2-4-6-14/h2-9,16,18H,10-12,20H2,1H3/t16-,18+/m1/s1. The van der Waals surface area contributed by atoms with Crippen LogP contribution < -0.4 is 5.73 Å². The maximum Gasteiger partial charge on any atom is 0.0438 e. The van der Waals surface area contributed by atoms with Crippen LogP contribution in [-0.4, -0.2) is 24.0 Å². The molecule has 1 aliphatic rings. The van der Waals surface area contributed by atoms with Gasteiger partial charge in [0, 0.05) is 36.6 Å². The lowest BCUT2D eigenvalue weighted by atomic mass is 9.94. The summed E-state index contributed by atoms with van der Waals surface area (Å²) in [7, 11) is 0. The van der Waals surface area contributed by atoms with Gasteiger partial charge >= 0.3 is 0 Å². The van der Waals surface area contributed by atoms with E-state index in [4.69, 9.17) is 17.3 Å². The van der Waals surface area contributed by atoms with Crippen molar-refractivity contribution in [2.45, 2.75) is 25.4 Å². The second-order valence-electron chi connectivity index (χ2n) is 5.96. The summed E-state index contributed by atoms with van der Waals surface area (Å²) in [6.45, 7) is 4.92. The van der Waals surface area contributed by atoms with Crippen molar-refractivity contribution < 1.29 is 0 Å². The molecule has 1 aliphatic heterocycles. The van der Waals surface area contributed by atoms with E-state index in [-0.39, 0.29) is 6.04 Å². The van der Waals surface area contributed by atoms with E-state index in [0.29, 0.717) is 5.92 Å². The number of nitrogens with two attached hydrogens (primary N) is 1. The quantitative estimate of drug-likeness (QED) is 0.939. The minimum Gasteiger partial charge on any atom is -0.326 e. The Morgan fingerprint density at radius 2 is 1.90 bits per heavy atom. The first kappa shape index (κ1) is 14.6. The number of nitrogens with zero attached hydrogens (tertiary/aromatic N) is 1. The minimum absolute atomic E-state index is 0.174. The molecule has 2 aromatic carbocycles. The average molecular weight is 301 g/mol. The van der Waals surface area contributed by atoms with Crippen molar-refractivity contribution in [1.29, 1.82) is 0 Å². The molecule has 1 saturated heterocycles. The normalized spacial score (nSPS) is 22.6. The number of halogens is 1. The lowest BCUT2D eigenvalue weighted by Crippen LogP contribution is -2.28. The van der Waals surface area contributed by atoms with Gasteiger partial charge in [-0.1, -0.05) is 54.1 Å². The van der Waals surface area contributed by atoms with Crippen molar-refractivity contribution in [2.24, 2.45) is 5.73 Å². The predicted octanol–water partition coefficient (Wildman–Crippen LogP) is 3.58. The summed E-state index contributed by atoms with van der Waals surface area (Å²) < 4.78 is 0. The molecule has 1 fully saturated rings. The largest absolute Gasteiger partial charge is 0.326 e. The molecule has 0 amide bonds. The third-order valence-corrected chi connectivity index (χ3v) is 4.72. The molecule has 110 valence electrons. The Morgan fingerprint density at radius 1 is 1.14 bits per heavy atom. The smallest absolute Gasteiger partial charge is 0.0438 e. The van der Waals surface area contributed by atoms with Crippen LogP contribution in [-0.2, 0) is 6.54 Å². The second kappa shape index (κ2) is 6.18. The molecule has 0 saturated carbocycles. The van der Waals surface area contributed by atoms with Crippen LogP contribution in [0.2, 0.25) is 5.02 Å². The summed E-state index contributed by atoms with van der Waals surface area (Å²) in [6, 6.07) is 17.1. The SMILES string of the molecule is Cc1ccc([C@H]2CN(Cc3ccccc3)C[C@@H]2N)cc1Cl. The van der Waals surface area contributed by atoms with Crippen LogP contribution in [0.5, 0.6) is 0 Å². The molecule has 2 N–H and O–H groups in total. The molecule has 2 aromatic rings. The summed E-state index contributed by atoms with van der Waals surface area (Å²) in [5.41, 5.74) is 10.1. The third kappa shape index (κ3) is 3.29. The highest BCUT2D eigenvalue weighted by molar-refractivity contribution is 6.31. The fourth-order valence-corrected chi connectivity index (χ4v) is 3.27. The van der Waals surface area contributed by atoms with Crippen LogP contribution >= 0.6 is 11.6 Å². The van der Waals surface area contributed by atoms with E-state index < -0.39 is 0 Å². The zero-order valence-corrected chi connectivity index (χ0v) is 13.1. The second-order valence-corrected chi connectivity index (χ2v) is 6.37. The highest BCUT2D eigenvalue weighted by Crippen LogP contribution is 2.30. The van der Waals surface area contributed by atoms with Gasteiger partial charge in [0.1, 0.15) is 0 Å². The molecule has 3 heteroatoms. The third-order valence-electron chi connectivity index (χ3n) is 4.31. The number of likely N-dealkylation sites (tertiary alicyclic amines) is 1. The van der Waals surface area contributed by atoms with E-state index in [9.17, 15) is 0 Å². The Labute approximate surface area is 131 Å². The highest BCUT2D eigenvalue weighted by atomic mass is 35.5. The average Bonchev–Trinajstić information content (AvgIpc) is 2.84. The molecule has 0 spiro atoms. The first-order valence-electron chi connectivity index (χ1n) is 7.41. The molecule has 2 atom stereocenters. The van der Waals surface area contributed by atoms with Gasteiger partial charge < -0.3 is 5.73 Å². The van der Waals surface area contributed by atoms with Gasteiger partial charge in [-0.25, -0.2) is 0 Å². The Hall–Kier alpha value is -1.35. The molecule has 0 unspecified atom stereocenters. The first-order valence-corrected chi connectivity index (χ1v) is 7.79. The van der Waals surface area contributed by atoms with Crippen molar-refractivity contribution in [3.63, 3.8) is 0 Å². The van der Waals surface area contributed by atoms with Gasteiger partial charge in [-0.05, 0) is 29.7 Å². The van der Waals surface area contributed by atoms with Crippen molar-refractivity contribution in [3.05, 3.63) is 70.2 Å². The van der Waals surface area contributed by atoms with Crippen molar-refractivity contribution in [3.8, 4) is 0 Å². The molecule has 0 radical (unpaired) electrons. The van der Waals surface area contributed by atoms with Gasteiger partial charge in [-0.3, -0.25) is 4.90 Å². The molecule has 0 bridgehead atoms. The zero-order valence-electron chi connectivity index (χ0n) is 12.3. The van der Waals surface area contributed by atoms with E-state index in [1.807, 2.05) is 6.92 Å². The molecule has 0 aliphatic carbocycles. The van der Waals surface area contributed by atoms with Crippen LogP contribution in [0.15, 0.2) is 48.5 Å². The van der Waals surface area contributed by atoms with E-state index in [0.717, 1.165) is 30.2 Å². The maximum absolute atomic E-state index is 6.36. The Balaban J connectivity index is 1.72. The van der Waals surface area contributed by atoms with Gasteiger partial charge in [-0.15, -0.1) is 0 Å². The van der Waals surface area contributed by atoms with Crippen LogP contribution in [0.1, 0.15) is 22.6 Å². The number of benzene rings is 2. The lowest BCUT2D eigenvalue weighted by Gasteiger charge is -2.16. The van der Waals surface area contributed by atoms with Crippen LogP contribution in [0.3, 0.4) is 0 Å². The molecule has 0 aromatic heterocycles. The Morgan fingerprint density at radius 3 is 2.62 bits per heavy atom. The van der Waals surface area contributed by atoms with E-state index in [1.54, 1.807) is 0 Å². The monoisotopic (exact) mass is 300 g/mol.